The molecule has 10 heavy (non-hydrogen) atoms. The maximum absolute atomic E-state index is 10.9. The quantitative estimate of drug-likeness (QED) is 0.531. The fourth-order valence-corrected chi connectivity index (χ4v) is 1.28. The van der Waals surface area contributed by atoms with Crippen LogP contribution in [-0.4, -0.2) is 25.7 Å². The van der Waals surface area contributed by atoms with E-state index in [-0.39, 0.29) is 12.0 Å². The third-order valence-electron chi connectivity index (χ3n) is 1.99. The largest absolute Gasteiger partial charge is 0.468 e. The molecule has 0 amide bonds. The van der Waals surface area contributed by atoms with Crippen LogP contribution >= 0.6 is 0 Å². The van der Waals surface area contributed by atoms with Crippen LogP contribution in [0.25, 0.3) is 0 Å². The summed E-state index contributed by atoms with van der Waals surface area (Å²) in [5.74, 6) is 0.289. The Morgan fingerprint density at radius 3 is 2.80 bits per heavy atom. The molecule has 0 radical (unpaired) electrons. The molecule has 0 bridgehead atoms. The third-order valence-corrected chi connectivity index (χ3v) is 1.99. The summed E-state index contributed by atoms with van der Waals surface area (Å²) in [5, 5.41) is 3.08. The molecular weight excluding hydrogens is 130 g/mol. The number of rotatable bonds is 1. The molecule has 1 fully saturated rings. The van der Waals surface area contributed by atoms with E-state index in [4.69, 9.17) is 0 Å². The molecule has 3 nitrogen and oxygen atoms in total. The molecule has 0 aromatic heterocycles. The zero-order valence-electron chi connectivity index (χ0n) is 6.39. The van der Waals surface area contributed by atoms with E-state index in [1.165, 1.54) is 7.11 Å². The van der Waals surface area contributed by atoms with Crippen LogP contribution in [0.4, 0.5) is 0 Å². The Morgan fingerprint density at radius 2 is 2.40 bits per heavy atom. The first-order chi connectivity index (χ1) is 4.75. The van der Waals surface area contributed by atoms with Crippen molar-refractivity contribution in [3.8, 4) is 0 Å². The fraction of sp³-hybridized carbons (Fsp3) is 0.857. The highest BCUT2D eigenvalue weighted by Gasteiger charge is 2.29. The van der Waals surface area contributed by atoms with E-state index in [0.717, 1.165) is 13.0 Å². The molecule has 58 valence electrons. The summed E-state index contributed by atoms with van der Waals surface area (Å²) in [6.07, 6.45) is 1.07. The Labute approximate surface area is 60.7 Å². The number of hydrogen-bond donors (Lipinski definition) is 1. The van der Waals surface area contributed by atoms with Gasteiger partial charge < -0.3 is 10.1 Å². The molecule has 1 rings (SSSR count). The fourth-order valence-electron chi connectivity index (χ4n) is 1.28. The molecule has 0 aliphatic carbocycles. The van der Waals surface area contributed by atoms with E-state index in [0.29, 0.717) is 5.92 Å². The van der Waals surface area contributed by atoms with Crippen LogP contribution in [0.3, 0.4) is 0 Å². The van der Waals surface area contributed by atoms with Gasteiger partial charge in [-0.05, 0) is 18.9 Å². The van der Waals surface area contributed by atoms with Gasteiger partial charge in [-0.15, -0.1) is 0 Å². The second-order valence-electron chi connectivity index (χ2n) is 2.72. The molecule has 1 saturated heterocycles. The molecular formula is C7H13NO2. The van der Waals surface area contributed by atoms with E-state index >= 15 is 0 Å². The van der Waals surface area contributed by atoms with Crippen molar-refractivity contribution in [2.75, 3.05) is 13.7 Å². The Bertz CT molecular complexity index is 136. The summed E-state index contributed by atoms with van der Waals surface area (Å²) in [7, 11) is 1.43. The Hall–Kier alpha value is -0.570. The SMILES string of the molecule is COC(=O)[C@@H]1NCC[C@H]1C. The van der Waals surface area contributed by atoms with Crippen LogP contribution in [0.15, 0.2) is 0 Å². The second-order valence-corrected chi connectivity index (χ2v) is 2.72. The molecule has 3 heteroatoms. The zero-order valence-corrected chi connectivity index (χ0v) is 6.39. The normalized spacial score (nSPS) is 32.2. The minimum Gasteiger partial charge on any atom is -0.468 e. The van der Waals surface area contributed by atoms with E-state index in [2.05, 4.69) is 17.0 Å². The summed E-state index contributed by atoms with van der Waals surface area (Å²) in [6.45, 7) is 2.99. The molecule has 2 atom stereocenters. The molecule has 0 aromatic carbocycles. The summed E-state index contributed by atoms with van der Waals surface area (Å²) >= 11 is 0. The van der Waals surface area contributed by atoms with Gasteiger partial charge in [-0.2, -0.15) is 0 Å². The predicted molar refractivity (Wildman–Crippen MR) is 37.6 cm³/mol. The van der Waals surface area contributed by atoms with Crippen LogP contribution < -0.4 is 5.32 Å². The van der Waals surface area contributed by atoms with Crippen LogP contribution in [0.1, 0.15) is 13.3 Å². The highest BCUT2D eigenvalue weighted by molar-refractivity contribution is 5.76. The molecule has 1 aliphatic rings. The third kappa shape index (κ3) is 1.29. The van der Waals surface area contributed by atoms with Gasteiger partial charge in [-0.3, -0.25) is 4.79 Å². The lowest BCUT2D eigenvalue weighted by Crippen LogP contribution is -2.35. The van der Waals surface area contributed by atoms with Crippen molar-refractivity contribution in [2.45, 2.75) is 19.4 Å². The topological polar surface area (TPSA) is 38.3 Å². The summed E-state index contributed by atoms with van der Waals surface area (Å²) in [4.78, 5) is 10.9. The highest BCUT2D eigenvalue weighted by atomic mass is 16.5. The van der Waals surface area contributed by atoms with Gasteiger partial charge >= 0.3 is 5.97 Å². The minimum atomic E-state index is -0.134. The van der Waals surface area contributed by atoms with Crippen LogP contribution in [-0.2, 0) is 9.53 Å². The van der Waals surface area contributed by atoms with Crippen LogP contribution in [0.5, 0.6) is 0 Å². The minimum absolute atomic E-state index is 0.0648. The zero-order chi connectivity index (χ0) is 7.56. The predicted octanol–water partition coefficient (Wildman–Crippen LogP) is 0.157. The lowest BCUT2D eigenvalue weighted by atomic mass is 10.0. The maximum atomic E-state index is 10.9. The van der Waals surface area contributed by atoms with Gasteiger partial charge in [-0.1, -0.05) is 6.92 Å². The molecule has 0 aromatic rings. The number of nitrogens with one attached hydrogen (secondary N) is 1. The molecule has 1 heterocycles. The number of carbonyl (C=O) groups is 1. The number of esters is 1. The standard InChI is InChI=1S/C7H13NO2/c1-5-3-4-8-6(5)7(9)10-2/h5-6,8H,3-4H2,1-2H3/t5-,6-/m1/s1. The summed E-state index contributed by atoms with van der Waals surface area (Å²) in [6, 6.07) is -0.0648. The molecule has 1 N–H and O–H groups in total. The lowest BCUT2D eigenvalue weighted by Gasteiger charge is -2.11. The first-order valence-corrected chi connectivity index (χ1v) is 3.57. The van der Waals surface area contributed by atoms with Crippen molar-refractivity contribution in [2.24, 2.45) is 5.92 Å². The molecule has 0 unspecified atom stereocenters. The van der Waals surface area contributed by atoms with Crippen molar-refractivity contribution >= 4 is 5.97 Å². The first-order valence-electron chi connectivity index (χ1n) is 3.57. The van der Waals surface area contributed by atoms with Gasteiger partial charge in [0.15, 0.2) is 0 Å². The van der Waals surface area contributed by atoms with E-state index in [1.807, 2.05) is 0 Å². The number of hydrogen-bond acceptors (Lipinski definition) is 3. The first kappa shape index (κ1) is 7.54. The van der Waals surface area contributed by atoms with Crippen molar-refractivity contribution in [1.29, 1.82) is 0 Å². The maximum Gasteiger partial charge on any atom is 0.323 e. The van der Waals surface area contributed by atoms with Gasteiger partial charge in [-0.25, -0.2) is 0 Å². The Balaban J connectivity index is 2.46. The average Bonchev–Trinajstić information content (AvgIpc) is 2.34. The van der Waals surface area contributed by atoms with E-state index in [9.17, 15) is 4.79 Å². The second kappa shape index (κ2) is 3.01. The highest BCUT2D eigenvalue weighted by Crippen LogP contribution is 2.14. The van der Waals surface area contributed by atoms with Crippen molar-refractivity contribution < 1.29 is 9.53 Å². The van der Waals surface area contributed by atoms with Gasteiger partial charge in [0.05, 0.1) is 7.11 Å². The number of ether oxygens (including phenoxy) is 1. The lowest BCUT2D eigenvalue weighted by molar-refractivity contribution is -0.143. The van der Waals surface area contributed by atoms with E-state index in [1.54, 1.807) is 0 Å². The molecule has 1 aliphatic heterocycles. The van der Waals surface area contributed by atoms with E-state index < -0.39 is 0 Å². The van der Waals surface area contributed by atoms with Gasteiger partial charge in [0.25, 0.3) is 0 Å². The average molecular weight is 143 g/mol. The number of carbonyl (C=O) groups excluding carboxylic acids is 1. The molecule has 0 saturated carbocycles. The van der Waals surface area contributed by atoms with Gasteiger partial charge in [0.2, 0.25) is 0 Å². The summed E-state index contributed by atoms with van der Waals surface area (Å²) < 4.78 is 4.60. The van der Waals surface area contributed by atoms with Crippen molar-refractivity contribution in [1.82, 2.24) is 5.32 Å². The summed E-state index contributed by atoms with van der Waals surface area (Å²) in [5.41, 5.74) is 0. The van der Waals surface area contributed by atoms with Crippen molar-refractivity contribution in [3.05, 3.63) is 0 Å². The smallest absolute Gasteiger partial charge is 0.323 e. The van der Waals surface area contributed by atoms with Gasteiger partial charge in [0.1, 0.15) is 6.04 Å². The van der Waals surface area contributed by atoms with Crippen LogP contribution in [0.2, 0.25) is 0 Å². The van der Waals surface area contributed by atoms with Gasteiger partial charge in [0, 0.05) is 0 Å². The monoisotopic (exact) mass is 143 g/mol. The Morgan fingerprint density at radius 1 is 1.70 bits per heavy atom. The van der Waals surface area contributed by atoms with Crippen molar-refractivity contribution in [3.63, 3.8) is 0 Å². The van der Waals surface area contributed by atoms with Crippen LogP contribution in [0, 0.1) is 5.92 Å². The number of methoxy groups -OCH3 is 1. The Kier molecular flexibility index (Phi) is 2.27. The molecule has 0 spiro atoms.